The molecule has 1 aromatic heterocycles. The molecule has 3 rings (SSSR count). The van der Waals surface area contributed by atoms with E-state index in [0.717, 1.165) is 27.1 Å². The summed E-state index contributed by atoms with van der Waals surface area (Å²) in [5.41, 5.74) is 0.952. The van der Waals surface area contributed by atoms with Crippen LogP contribution in [-0.2, 0) is 6.18 Å². The molecule has 0 unspecified atom stereocenters. The van der Waals surface area contributed by atoms with Gasteiger partial charge in [-0.2, -0.15) is 13.2 Å². The molecule has 1 nitrogen and oxygen atoms in total. The molecule has 0 bridgehead atoms. The standard InChI is InChI=1S/C18H13F3OS/c1-22-15-7-5-12(6-8-15)16-9-10-17(23-16)13-3-2-4-14(11-13)18(19,20)21/h2-11H,1H3. The lowest BCUT2D eigenvalue weighted by Gasteiger charge is -2.07. The summed E-state index contributed by atoms with van der Waals surface area (Å²) < 4.78 is 43.6. The van der Waals surface area contributed by atoms with E-state index in [1.165, 1.54) is 23.5 Å². The zero-order chi connectivity index (χ0) is 16.4. The van der Waals surface area contributed by atoms with Crippen LogP contribution in [0.15, 0.2) is 60.7 Å². The first-order valence-corrected chi connectivity index (χ1v) is 7.71. The highest BCUT2D eigenvalue weighted by Gasteiger charge is 2.30. The summed E-state index contributed by atoms with van der Waals surface area (Å²) in [6.45, 7) is 0. The maximum absolute atomic E-state index is 12.8. The fraction of sp³-hybridized carbons (Fsp3) is 0.111. The van der Waals surface area contributed by atoms with Gasteiger partial charge in [-0.3, -0.25) is 0 Å². The normalized spacial score (nSPS) is 11.5. The van der Waals surface area contributed by atoms with Gasteiger partial charge in [-0.05, 0) is 59.7 Å². The van der Waals surface area contributed by atoms with Crippen molar-refractivity contribution in [3.63, 3.8) is 0 Å². The summed E-state index contributed by atoms with van der Waals surface area (Å²) in [6, 6.07) is 16.7. The third-order valence-corrected chi connectivity index (χ3v) is 4.64. The molecule has 0 aliphatic heterocycles. The van der Waals surface area contributed by atoms with Crippen LogP contribution in [0, 0.1) is 0 Å². The van der Waals surface area contributed by atoms with E-state index >= 15 is 0 Å². The van der Waals surface area contributed by atoms with Gasteiger partial charge in [-0.1, -0.05) is 12.1 Å². The van der Waals surface area contributed by atoms with E-state index in [2.05, 4.69) is 0 Å². The zero-order valence-corrected chi connectivity index (χ0v) is 13.0. The Morgan fingerprint density at radius 2 is 1.48 bits per heavy atom. The van der Waals surface area contributed by atoms with Crippen LogP contribution in [0.5, 0.6) is 5.75 Å². The first-order valence-electron chi connectivity index (χ1n) is 6.89. The molecule has 0 N–H and O–H groups in total. The number of hydrogen-bond donors (Lipinski definition) is 0. The van der Waals surface area contributed by atoms with Gasteiger partial charge in [0.1, 0.15) is 5.75 Å². The van der Waals surface area contributed by atoms with Crippen LogP contribution >= 0.6 is 11.3 Å². The van der Waals surface area contributed by atoms with E-state index in [1.807, 2.05) is 36.4 Å². The first-order chi connectivity index (χ1) is 11.0. The maximum atomic E-state index is 12.8. The minimum Gasteiger partial charge on any atom is -0.497 e. The summed E-state index contributed by atoms with van der Waals surface area (Å²) in [5, 5.41) is 0. The van der Waals surface area contributed by atoms with Crippen LogP contribution < -0.4 is 4.74 Å². The van der Waals surface area contributed by atoms with Gasteiger partial charge in [0, 0.05) is 9.75 Å². The summed E-state index contributed by atoms with van der Waals surface area (Å²) in [6.07, 6.45) is -4.33. The van der Waals surface area contributed by atoms with Crippen LogP contribution in [0.3, 0.4) is 0 Å². The minimum atomic E-state index is -4.33. The number of rotatable bonds is 3. The monoisotopic (exact) mass is 334 g/mol. The number of ether oxygens (including phenoxy) is 1. The molecule has 0 saturated carbocycles. The second kappa shape index (κ2) is 6.08. The summed E-state index contributed by atoms with van der Waals surface area (Å²) in [7, 11) is 1.60. The SMILES string of the molecule is COc1ccc(-c2ccc(-c3cccc(C(F)(F)F)c3)s2)cc1. The van der Waals surface area contributed by atoms with Gasteiger partial charge in [-0.25, -0.2) is 0 Å². The van der Waals surface area contributed by atoms with E-state index in [4.69, 9.17) is 4.74 Å². The highest BCUT2D eigenvalue weighted by Crippen LogP contribution is 2.37. The van der Waals surface area contributed by atoms with Crippen LogP contribution in [-0.4, -0.2) is 7.11 Å². The van der Waals surface area contributed by atoms with Gasteiger partial charge in [0.2, 0.25) is 0 Å². The molecule has 0 saturated heterocycles. The van der Waals surface area contributed by atoms with Gasteiger partial charge < -0.3 is 4.74 Å². The molecule has 0 fully saturated rings. The van der Waals surface area contributed by atoms with Crippen molar-refractivity contribution in [2.45, 2.75) is 6.18 Å². The molecule has 1 heterocycles. The number of benzene rings is 2. The van der Waals surface area contributed by atoms with Crippen LogP contribution in [0.1, 0.15) is 5.56 Å². The molecule has 0 atom stereocenters. The second-order valence-electron chi connectivity index (χ2n) is 4.97. The Morgan fingerprint density at radius 1 is 0.826 bits per heavy atom. The minimum absolute atomic E-state index is 0.574. The van der Waals surface area contributed by atoms with Gasteiger partial charge in [0.25, 0.3) is 0 Å². The average Bonchev–Trinajstić information content (AvgIpc) is 3.04. The summed E-state index contributed by atoms with van der Waals surface area (Å²) in [5.74, 6) is 0.767. The number of alkyl halides is 3. The fourth-order valence-electron chi connectivity index (χ4n) is 2.25. The Kier molecular flexibility index (Phi) is 4.13. The van der Waals surface area contributed by atoms with Crippen LogP contribution in [0.25, 0.3) is 20.9 Å². The molecular formula is C18H13F3OS. The predicted octanol–water partition coefficient (Wildman–Crippen LogP) is 6.11. The largest absolute Gasteiger partial charge is 0.497 e. The Morgan fingerprint density at radius 3 is 2.09 bits per heavy atom. The Hall–Kier alpha value is -2.27. The highest BCUT2D eigenvalue weighted by molar-refractivity contribution is 7.18. The van der Waals surface area contributed by atoms with Crippen molar-refractivity contribution in [2.75, 3.05) is 7.11 Å². The van der Waals surface area contributed by atoms with E-state index < -0.39 is 11.7 Å². The molecule has 3 aromatic rings. The van der Waals surface area contributed by atoms with Crippen molar-refractivity contribution >= 4 is 11.3 Å². The molecule has 0 amide bonds. The molecule has 23 heavy (non-hydrogen) atoms. The van der Waals surface area contributed by atoms with E-state index in [9.17, 15) is 13.2 Å². The van der Waals surface area contributed by atoms with Crippen molar-refractivity contribution in [1.29, 1.82) is 0 Å². The predicted molar refractivity (Wildman–Crippen MR) is 86.7 cm³/mol. The van der Waals surface area contributed by atoms with E-state index in [-0.39, 0.29) is 0 Å². The number of halogens is 3. The molecule has 2 aromatic carbocycles. The first kappa shape index (κ1) is 15.6. The third-order valence-electron chi connectivity index (χ3n) is 3.45. The van der Waals surface area contributed by atoms with Crippen LogP contribution in [0.2, 0.25) is 0 Å². The zero-order valence-electron chi connectivity index (χ0n) is 12.2. The van der Waals surface area contributed by atoms with Gasteiger partial charge in [0.15, 0.2) is 0 Å². The van der Waals surface area contributed by atoms with Gasteiger partial charge in [0.05, 0.1) is 12.7 Å². The summed E-state index contributed by atoms with van der Waals surface area (Å²) in [4.78, 5) is 1.81. The Balaban J connectivity index is 1.92. The highest BCUT2D eigenvalue weighted by atomic mass is 32.1. The van der Waals surface area contributed by atoms with Crippen molar-refractivity contribution in [2.24, 2.45) is 0 Å². The van der Waals surface area contributed by atoms with Crippen molar-refractivity contribution in [3.8, 4) is 26.6 Å². The van der Waals surface area contributed by atoms with Gasteiger partial charge >= 0.3 is 6.18 Å². The molecule has 118 valence electrons. The second-order valence-corrected chi connectivity index (χ2v) is 6.05. The van der Waals surface area contributed by atoms with E-state index in [0.29, 0.717) is 5.56 Å². The topological polar surface area (TPSA) is 9.23 Å². The quantitative estimate of drug-likeness (QED) is 0.561. The number of methoxy groups -OCH3 is 1. The maximum Gasteiger partial charge on any atom is 0.416 e. The third kappa shape index (κ3) is 3.40. The van der Waals surface area contributed by atoms with Crippen molar-refractivity contribution in [3.05, 3.63) is 66.2 Å². The lowest BCUT2D eigenvalue weighted by atomic mass is 10.1. The molecule has 0 aliphatic rings. The Labute approximate surface area is 136 Å². The van der Waals surface area contributed by atoms with Gasteiger partial charge in [-0.15, -0.1) is 11.3 Å². The van der Waals surface area contributed by atoms with Crippen molar-refractivity contribution in [1.82, 2.24) is 0 Å². The van der Waals surface area contributed by atoms with Crippen LogP contribution in [0.4, 0.5) is 13.2 Å². The molecule has 5 heteroatoms. The molecule has 0 spiro atoms. The van der Waals surface area contributed by atoms with E-state index in [1.54, 1.807) is 13.2 Å². The molecular weight excluding hydrogens is 321 g/mol. The lowest BCUT2D eigenvalue weighted by molar-refractivity contribution is -0.137. The van der Waals surface area contributed by atoms with Crippen molar-refractivity contribution < 1.29 is 17.9 Å². The smallest absolute Gasteiger partial charge is 0.416 e. The number of hydrogen-bond acceptors (Lipinski definition) is 2. The fourth-order valence-corrected chi connectivity index (χ4v) is 3.26. The Bertz CT molecular complexity index is 804. The number of thiophene rings is 1. The molecule has 0 aliphatic carbocycles. The summed E-state index contributed by atoms with van der Waals surface area (Å²) >= 11 is 1.46. The lowest BCUT2D eigenvalue weighted by Crippen LogP contribution is -2.04. The average molecular weight is 334 g/mol. The molecule has 0 radical (unpaired) electrons.